The van der Waals surface area contributed by atoms with Crippen LogP contribution in [0.2, 0.25) is 0 Å². The van der Waals surface area contributed by atoms with Crippen LogP contribution in [0.15, 0.2) is 42.7 Å². The number of urea groups is 1. The number of amides is 2. The van der Waals surface area contributed by atoms with Crippen molar-refractivity contribution in [2.45, 2.75) is 45.2 Å². The molecule has 1 aliphatic heterocycles. The van der Waals surface area contributed by atoms with Crippen molar-refractivity contribution >= 4 is 11.7 Å². The Kier molecular flexibility index (Phi) is 5.93. The van der Waals surface area contributed by atoms with Crippen LogP contribution in [0.4, 0.5) is 10.5 Å². The summed E-state index contributed by atoms with van der Waals surface area (Å²) < 4.78 is 7.53. The summed E-state index contributed by atoms with van der Waals surface area (Å²) >= 11 is 0. The topological polar surface area (TPSA) is 59.4 Å². The van der Waals surface area contributed by atoms with Crippen molar-refractivity contribution < 1.29 is 9.53 Å². The lowest BCUT2D eigenvalue weighted by molar-refractivity contribution is 0.154. The average molecular weight is 342 g/mol. The van der Waals surface area contributed by atoms with E-state index in [2.05, 4.69) is 10.4 Å². The number of aromatic nitrogens is 2. The number of likely N-dealkylation sites (tertiary alicyclic amines) is 1. The molecule has 0 bridgehead atoms. The third-order valence-corrected chi connectivity index (χ3v) is 4.57. The van der Waals surface area contributed by atoms with Gasteiger partial charge in [0.15, 0.2) is 0 Å². The molecule has 6 nitrogen and oxygen atoms in total. The van der Waals surface area contributed by atoms with Crippen molar-refractivity contribution in [3.05, 3.63) is 42.7 Å². The standard InChI is InChI=1S/C19H26N4O2/c1-2-25-18-10-4-3-9-17(18)21-19(24)23-14-6-5-8-16(23)11-15-22-13-7-12-20-22/h3-4,7,9-10,12-13,16H,2,5-6,8,11,14-15H2,1H3,(H,21,24)/t16-/m0/s1. The van der Waals surface area contributed by atoms with E-state index in [0.717, 1.165) is 38.0 Å². The zero-order valence-electron chi connectivity index (χ0n) is 14.7. The monoisotopic (exact) mass is 342 g/mol. The van der Waals surface area contributed by atoms with Gasteiger partial charge in [0.25, 0.3) is 0 Å². The number of carbonyl (C=O) groups excluding carboxylic acids is 1. The van der Waals surface area contributed by atoms with Crippen molar-refractivity contribution in [1.82, 2.24) is 14.7 Å². The van der Waals surface area contributed by atoms with Crippen LogP contribution in [-0.4, -0.2) is 39.9 Å². The molecule has 1 N–H and O–H groups in total. The SMILES string of the molecule is CCOc1ccccc1NC(=O)N1CCCC[C@H]1CCn1cccn1. The summed E-state index contributed by atoms with van der Waals surface area (Å²) in [6.07, 6.45) is 7.94. The summed E-state index contributed by atoms with van der Waals surface area (Å²) in [5.41, 5.74) is 0.728. The maximum Gasteiger partial charge on any atom is 0.322 e. The number of anilines is 1. The molecule has 1 aliphatic rings. The Morgan fingerprint density at radius 3 is 3.00 bits per heavy atom. The number of hydrogen-bond donors (Lipinski definition) is 1. The Bertz CT molecular complexity index is 672. The molecule has 6 heteroatoms. The minimum Gasteiger partial charge on any atom is -0.492 e. The maximum atomic E-state index is 12.8. The van der Waals surface area contributed by atoms with E-state index in [1.165, 1.54) is 6.42 Å². The summed E-state index contributed by atoms with van der Waals surface area (Å²) in [6, 6.07) is 9.71. The zero-order valence-corrected chi connectivity index (χ0v) is 14.7. The summed E-state index contributed by atoms with van der Waals surface area (Å²) in [4.78, 5) is 14.8. The minimum atomic E-state index is -0.0441. The largest absolute Gasteiger partial charge is 0.492 e. The van der Waals surface area contributed by atoms with Gasteiger partial charge in [-0.3, -0.25) is 4.68 Å². The van der Waals surface area contributed by atoms with Crippen LogP contribution in [0.1, 0.15) is 32.6 Å². The predicted octanol–water partition coefficient (Wildman–Crippen LogP) is 3.76. The van der Waals surface area contributed by atoms with Gasteiger partial charge in [0.1, 0.15) is 5.75 Å². The lowest BCUT2D eigenvalue weighted by atomic mass is 10.00. The number of hydrogen-bond acceptors (Lipinski definition) is 3. The van der Waals surface area contributed by atoms with Crippen LogP contribution in [0, 0.1) is 0 Å². The fraction of sp³-hybridized carbons (Fsp3) is 0.474. The fourth-order valence-corrected chi connectivity index (χ4v) is 3.32. The molecule has 1 fully saturated rings. The molecule has 2 amide bonds. The van der Waals surface area contributed by atoms with Crippen molar-refractivity contribution in [2.75, 3.05) is 18.5 Å². The van der Waals surface area contributed by atoms with Gasteiger partial charge in [-0.2, -0.15) is 5.10 Å². The Labute approximate surface area is 148 Å². The number of nitrogens with zero attached hydrogens (tertiary/aromatic N) is 3. The smallest absolute Gasteiger partial charge is 0.322 e. The highest BCUT2D eigenvalue weighted by Gasteiger charge is 2.27. The Morgan fingerprint density at radius 1 is 1.32 bits per heavy atom. The molecule has 0 aliphatic carbocycles. The first-order valence-electron chi connectivity index (χ1n) is 9.05. The summed E-state index contributed by atoms with van der Waals surface area (Å²) in [5.74, 6) is 0.712. The van der Waals surface area contributed by atoms with E-state index in [1.807, 2.05) is 53.0 Å². The van der Waals surface area contributed by atoms with E-state index in [0.29, 0.717) is 12.4 Å². The second-order valence-corrected chi connectivity index (χ2v) is 6.26. The van der Waals surface area contributed by atoms with Gasteiger partial charge < -0.3 is 15.0 Å². The lowest BCUT2D eigenvalue weighted by Crippen LogP contribution is -2.46. The number of nitrogens with one attached hydrogen (secondary N) is 1. The molecule has 1 aromatic heterocycles. The van der Waals surface area contributed by atoms with E-state index < -0.39 is 0 Å². The van der Waals surface area contributed by atoms with Gasteiger partial charge in [0.2, 0.25) is 0 Å². The molecular formula is C19H26N4O2. The molecule has 1 atom stereocenters. The second-order valence-electron chi connectivity index (χ2n) is 6.26. The van der Waals surface area contributed by atoms with Gasteiger partial charge in [-0.25, -0.2) is 4.79 Å². The highest BCUT2D eigenvalue weighted by molar-refractivity contribution is 5.91. The molecule has 2 heterocycles. The normalized spacial score (nSPS) is 17.3. The third-order valence-electron chi connectivity index (χ3n) is 4.57. The summed E-state index contributed by atoms with van der Waals surface area (Å²) in [6.45, 7) is 4.14. The van der Waals surface area contributed by atoms with E-state index in [1.54, 1.807) is 6.20 Å². The number of piperidine rings is 1. The summed E-state index contributed by atoms with van der Waals surface area (Å²) in [7, 11) is 0. The van der Waals surface area contributed by atoms with Gasteiger partial charge >= 0.3 is 6.03 Å². The van der Waals surface area contributed by atoms with Gasteiger partial charge in [0, 0.05) is 31.5 Å². The molecule has 0 radical (unpaired) electrons. The van der Waals surface area contributed by atoms with E-state index in [9.17, 15) is 4.79 Å². The number of aryl methyl sites for hydroxylation is 1. The van der Waals surface area contributed by atoms with Crippen LogP contribution in [0.3, 0.4) is 0 Å². The van der Waals surface area contributed by atoms with Crippen LogP contribution in [-0.2, 0) is 6.54 Å². The predicted molar refractivity (Wildman–Crippen MR) is 97.8 cm³/mol. The molecule has 134 valence electrons. The molecule has 3 rings (SSSR count). The van der Waals surface area contributed by atoms with E-state index in [-0.39, 0.29) is 12.1 Å². The average Bonchev–Trinajstić information content (AvgIpc) is 3.15. The molecule has 0 spiro atoms. The molecular weight excluding hydrogens is 316 g/mol. The van der Waals surface area contributed by atoms with Crippen molar-refractivity contribution in [3.8, 4) is 5.75 Å². The second kappa shape index (κ2) is 8.55. The number of rotatable bonds is 6. The molecule has 1 aromatic carbocycles. The Morgan fingerprint density at radius 2 is 2.20 bits per heavy atom. The molecule has 0 unspecified atom stereocenters. The van der Waals surface area contributed by atoms with Crippen molar-refractivity contribution in [3.63, 3.8) is 0 Å². The zero-order chi connectivity index (χ0) is 17.5. The van der Waals surface area contributed by atoms with Crippen LogP contribution in [0.5, 0.6) is 5.75 Å². The highest BCUT2D eigenvalue weighted by atomic mass is 16.5. The Balaban J connectivity index is 1.64. The van der Waals surface area contributed by atoms with Crippen LogP contribution in [0.25, 0.3) is 0 Å². The molecule has 1 saturated heterocycles. The number of ether oxygens (including phenoxy) is 1. The van der Waals surface area contributed by atoms with Crippen molar-refractivity contribution in [1.29, 1.82) is 0 Å². The van der Waals surface area contributed by atoms with Crippen LogP contribution >= 0.6 is 0 Å². The lowest BCUT2D eigenvalue weighted by Gasteiger charge is -2.36. The Hall–Kier alpha value is -2.50. The van der Waals surface area contributed by atoms with Gasteiger partial charge in [-0.15, -0.1) is 0 Å². The van der Waals surface area contributed by atoms with E-state index in [4.69, 9.17) is 4.74 Å². The first-order valence-corrected chi connectivity index (χ1v) is 9.05. The third kappa shape index (κ3) is 4.53. The minimum absolute atomic E-state index is 0.0441. The van der Waals surface area contributed by atoms with Crippen LogP contribution < -0.4 is 10.1 Å². The van der Waals surface area contributed by atoms with E-state index >= 15 is 0 Å². The first-order chi connectivity index (χ1) is 12.3. The van der Waals surface area contributed by atoms with Crippen molar-refractivity contribution in [2.24, 2.45) is 0 Å². The molecule has 25 heavy (non-hydrogen) atoms. The maximum absolute atomic E-state index is 12.8. The highest BCUT2D eigenvalue weighted by Crippen LogP contribution is 2.26. The number of benzene rings is 1. The van der Waals surface area contributed by atoms with Gasteiger partial charge in [-0.1, -0.05) is 12.1 Å². The number of para-hydroxylation sites is 2. The first kappa shape index (κ1) is 17.3. The summed E-state index contributed by atoms with van der Waals surface area (Å²) in [5, 5.41) is 7.28. The fourth-order valence-electron chi connectivity index (χ4n) is 3.32. The molecule has 2 aromatic rings. The number of carbonyl (C=O) groups is 1. The molecule has 0 saturated carbocycles. The van der Waals surface area contributed by atoms with Gasteiger partial charge in [-0.05, 0) is 50.8 Å². The van der Waals surface area contributed by atoms with Gasteiger partial charge in [0.05, 0.1) is 12.3 Å². The quantitative estimate of drug-likeness (QED) is 0.869.